The number of carbonyl (C=O) groups is 1. The Balaban J connectivity index is 0.00000120. The third-order valence-electron chi connectivity index (χ3n) is 5.15. The fourth-order valence-electron chi connectivity index (χ4n) is 3.98. The minimum Gasteiger partial charge on any atom is -0.339 e. The highest BCUT2D eigenvalue weighted by Gasteiger charge is 2.59. The molecule has 2 saturated heterocycles. The summed E-state index contributed by atoms with van der Waals surface area (Å²) in [5.74, 6) is 1.51. The normalized spacial score (nSPS) is 37.4. The number of hydrogen-bond acceptors (Lipinski definition) is 2. The summed E-state index contributed by atoms with van der Waals surface area (Å²) in [6.07, 6.45) is 4.76. The van der Waals surface area contributed by atoms with Crippen LogP contribution in [0.3, 0.4) is 0 Å². The highest BCUT2D eigenvalue weighted by molar-refractivity contribution is 5.85. The van der Waals surface area contributed by atoms with E-state index in [0.29, 0.717) is 29.2 Å². The van der Waals surface area contributed by atoms with Crippen molar-refractivity contribution in [2.45, 2.75) is 45.6 Å². The maximum atomic E-state index is 12.5. The molecule has 1 saturated carbocycles. The lowest BCUT2D eigenvalue weighted by Gasteiger charge is -2.26. The number of likely N-dealkylation sites (tertiary alicyclic amines) is 1. The third-order valence-corrected chi connectivity index (χ3v) is 5.15. The van der Waals surface area contributed by atoms with Gasteiger partial charge in [0.15, 0.2) is 0 Å². The van der Waals surface area contributed by atoms with Crippen molar-refractivity contribution in [2.75, 3.05) is 19.6 Å². The van der Waals surface area contributed by atoms with Crippen molar-refractivity contribution < 1.29 is 4.79 Å². The van der Waals surface area contributed by atoms with E-state index in [1.54, 1.807) is 0 Å². The van der Waals surface area contributed by atoms with Crippen molar-refractivity contribution in [3.63, 3.8) is 0 Å². The molecule has 1 N–H and O–H groups in total. The molecule has 1 amide bonds. The van der Waals surface area contributed by atoms with Crippen LogP contribution in [0.4, 0.5) is 0 Å². The molecule has 0 aromatic rings. The van der Waals surface area contributed by atoms with Gasteiger partial charge in [-0.3, -0.25) is 4.79 Å². The monoisotopic (exact) mass is 272 g/mol. The van der Waals surface area contributed by atoms with E-state index in [0.717, 1.165) is 26.1 Å². The molecule has 1 spiro atoms. The van der Waals surface area contributed by atoms with Crippen molar-refractivity contribution in [2.24, 2.45) is 17.3 Å². The van der Waals surface area contributed by atoms with Crippen molar-refractivity contribution in [3.8, 4) is 0 Å². The first-order chi connectivity index (χ1) is 8.12. The summed E-state index contributed by atoms with van der Waals surface area (Å²) in [6.45, 7) is 7.67. The average molecular weight is 273 g/mol. The summed E-state index contributed by atoms with van der Waals surface area (Å²) in [6, 6.07) is 0.469. The van der Waals surface area contributed by atoms with Crippen molar-refractivity contribution >= 4 is 18.3 Å². The van der Waals surface area contributed by atoms with Gasteiger partial charge in [0.25, 0.3) is 0 Å². The molecule has 3 fully saturated rings. The molecule has 3 rings (SSSR count). The zero-order valence-electron chi connectivity index (χ0n) is 11.4. The first-order valence-corrected chi connectivity index (χ1v) is 7.13. The molecular weight excluding hydrogens is 248 g/mol. The molecule has 18 heavy (non-hydrogen) atoms. The second kappa shape index (κ2) is 5.01. The van der Waals surface area contributed by atoms with Crippen LogP contribution < -0.4 is 5.32 Å². The van der Waals surface area contributed by atoms with Gasteiger partial charge in [0.1, 0.15) is 0 Å². The number of halogens is 1. The number of amides is 1. The number of rotatable bonds is 1. The molecular formula is C14H25ClN2O. The van der Waals surface area contributed by atoms with Gasteiger partial charge in [0.05, 0.1) is 0 Å². The molecule has 3 nitrogen and oxygen atoms in total. The minimum atomic E-state index is 0. The van der Waals surface area contributed by atoms with Gasteiger partial charge in [-0.1, -0.05) is 6.92 Å². The second-order valence-electron chi connectivity index (χ2n) is 6.55. The summed E-state index contributed by atoms with van der Waals surface area (Å²) in [5, 5.41) is 3.40. The van der Waals surface area contributed by atoms with Gasteiger partial charge in [0.2, 0.25) is 5.91 Å². The summed E-state index contributed by atoms with van der Waals surface area (Å²) in [5.41, 5.74) is 0.397. The highest BCUT2D eigenvalue weighted by atomic mass is 35.5. The summed E-state index contributed by atoms with van der Waals surface area (Å²) in [4.78, 5) is 14.7. The number of piperidine rings is 1. The van der Waals surface area contributed by atoms with Crippen LogP contribution in [0.5, 0.6) is 0 Å². The maximum absolute atomic E-state index is 12.5. The van der Waals surface area contributed by atoms with Crippen LogP contribution >= 0.6 is 12.4 Å². The predicted molar refractivity (Wildman–Crippen MR) is 74.8 cm³/mol. The van der Waals surface area contributed by atoms with Gasteiger partial charge >= 0.3 is 0 Å². The number of nitrogens with one attached hydrogen (secondary N) is 1. The fraction of sp³-hybridized carbons (Fsp3) is 0.929. The Kier molecular flexibility index (Phi) is 3.93. The van der Waals surface area contributed by atoms with E-state index < -0.39 is 0 Å². The second-order valence-corrected chi connectivity index (χ2v) is 6.55. The van der Waals surface area contributed by atoms with E-state index in [9.17, 15) is 4.79 Å². The summed E-state index contributed by atoms with van der Waals surface area (Å²) < 4.78 is 0. The van der Waals surface area contributed by atoms with Crippen LogP contribution in [0.15, 0.2) is 0 Å². The Morgan fingerprint density at radius 2 is 1.94 bits per heavy atom. The molecule has 0 bridgehead atoms. The van der Waals surface area contributed by atoms with Gasteiger partial charge in [-0.05, 0) is 57.0 Å². The smallest absolute Gasteiger partial charge is 0.226 e. The zero-order chi connectivity index (χ0) is 12.0. The molecule has 4 heteroatoms. The lowest BCUT2D eigenvalue weighted by molar-refractivity contribution is -0.134. The zero-order valence-corrected chi connectivity index (χ0v) is 12.3. The quantitative estimate of drug-likeness (QED) is 0.792. The summed E-state index contributed by atoms with van der Waals surface area (Å²) in [7, 11) is 0. The fourth-order valence-corrected chi connectivity index (χ4v) is 3.98. The topological polar surface area (TPSA) is 32.3 Å². The van der Waals surface area contributed by atoms with E-state index in [-0.39, 0.29) is 12.4 Å². The van der Waals surface area contributed by atoms with E-state index in [1.165, 1.54) is 19.3 Å². The Hall–Kier alpha value is -0.280. The first kappa shape index (κ1) is 14.1. The highest BCUT2D eigenvalue weighted by Crippen LogP contribution is 2.59. The lowest BCUT2D eigenvalue weighted by atomic mass is 9.91. The van der Waals surface area contributed by atoms with Gasteiger partial charge in [-0.25, -0.2) is 0 Å². The van der Waals surface area contributed by atoms with Crippen molar-refractivity contribution in [3.05, 3.63) is 0 Å². The Bertz CT molecular complexity index is 328. The van der Waals surface area contributed by atoms with E-state index in [2.05, 4.69) is 24.1 Å². The van der Waals surface area contributed by atoms with Crippen LogP contribution in [-0.4, -0.2) is 36.5 Å². The van der Waals surface area contributed by atoms with Crippen LogP contribution in [0.25, 0.3) is 0 Å². The molecule has 0 radical (unpaired) electrons. The van der Waals surface area contributed by atoms with Gasteiger partial charge < -0.3 is 10.2 Å². The molecule has 3 aliphatic rings. The summed E-state index contributed by atoms with van der Waals surface area (Å²) >= 11 is 0. The molecule has 2 aliphatic heterocycles. The van der Waals surface area contributed by atoms with Crippen LogP contribution in [0, 0.1) is 17.3 Å². The molecule has 3 atom stereocenters. The van der Waals surface area contributed by atoms with Gasteiger partial charge in [-0.2, -0.15) is 0 Å². The molecule has 2 heterocycles. The van der Waals surface area contributed by atoms with Crippen LogP contribution in [-0.2, 0) is 4.79 Å². The number of hydrogen-bond donors (Lipinski definition) is 1. The third kappa shape index (κ3) is 2.27. The van der Waals surface area contributed by atoms with Crippen LogP contribution in [0.2, 0.25) is 0 Å². The Labute approximate surface area is 116 Å². The van der Waals surface area contributed by atoms with E-state index in [1.807, 2.05) is 0 Å². The lowest BCUT2D eigenvalue weighted by Crippen LogP contribution is -2.38. The average Bonchev–Trinajstić information content (AvgIpc) is 2.88. The molecule has 104 valence electrons. The van der Waals surface area contributed by atoms with Crippen molar-refractivity contribution in [1.82, 2.24) is 10.2 Å². The largest absolute Gasteiger partial charge is 0.339 e. The standard InChI is InChI=1S/C14H24N2O.ClH/c1-10-7-11(2)16(9-10)13(17)12-8-14(12)3-5-15-6-4-14;/h10-12,15H,3-9H2,1-2H3;1H. The SMILES string of the molecule is CC1CC(C)N(C(=O)C2CC23CCNCC3)C1.Cl. The predicted octanol–water partition coefficient (Wildman–Crippen LogP) is 2.05. The van der Waals surface area contributed by atoms with E-state index >= 15 is 0 Å². The molecule has 0 aromatic heterocycles. The van der Waals surface area contributed by atoms with Gasteiger partial charge in [0, 0.05) is 18.5 Å². The molecule has 1 aliphatic carbocycles. The first-order valence-electron chi connectivity index (χ1n) is 7.13. The Morgan fingerprint density at radius 3 is 2.50 bits per heavy atom. The van der Waals surface area contributed by atoms with Gasteiger partial charge in [-0.15, -0.1) is 12.4 Å². The molecule has 0 aromatic carbocycles. The van der Waals surface area contributed by atoms with E-state index in [4.69, 9.17) is 0 Å². The Morgan fingerprint density at radius 1 is 1.28 bits per heavy atom. The van der Waals surface area contributed by atoms with Crippen molar-refractivity contribution in [1.29, 1.82) is 0 Å². The van der Waals surface area contributed by atoms with Crippen LogP contribution in [0.1, 0.15) is 39.5 Å². The number of nitrogens with zero attached hydrogens (tertiary/aromatic N) is 1. The maximum Gasteiger partial charge on any atom is 0.226 e. The minimum absolute atomic E-state index is 0. The number of carbonyl (C=O) groups excluding carboxylic acids is 1. The molecule has 3 unspecified atom stereocenters.